The van der Waals surface area contributed by atoms with E-state index >= 15 is 0 Å². The summed E-state index contributed by atoms with van der Waals surface area (Å²) in [5.41, 5.74) is -2.02. The zero-order valence-electron chi connectivity index (χ0n) is 8.83. The van der Waals surface area contributed by atoms with Gasteiger partial charge in [0.25, 0.3) is 21.5 Å². The average molecular weight is 283 g/mol. The number of ether oxygens (including phenoxy) is 1. The normalized spacial score (nSPS) is 11.6. The fourth-order valence-corrected chi connectivity index (χ4v) is 1.78. The number of nitrogens with zero attached hydrogens (tertiary/aromatic N) is 2. The maximum Gasteiger partial charge on any atom is 0.308 e. The summed E-state index contributed by atoms with van der Waals surface area (Å²) in [5.74, 6) is -0.736. The molecular formula is C7H7F2N3O5S. The fourth-order valence-electron chi connectivity index (χ4n) is 1.14. The molecule has 0 saturated carbocycles. The molecule has 0 aliphatic heterocycles. The SMILES string of the molecule is COc1nc(S(N)(=O)=O)c([N+](=O)[O-])cc1C(F)F. The number of nitro groups is 1. The van der Waals surface area contributed by atoms with Crippen LogP contribution >= 0.6 is 0 Å². The molecule has 0 aromatic carbocycles. The van der Waals surface area contributed by atoms with Gasteiger partial charge < -0.3 is 4.74 Å². The second-order valence-electron chi connectivity index (χ2n) is 3.01. The largest absolute Gasteiger partial charge is 0.481 e. The second kappa shape index (κ2) is 4.78. The van der Waals surface area contributed by atoms with Crippen LogP contribution in [-0.2, 0) is 10.0 Å². The van der Waals surface area contributed by atoms with Crippen molar-refractivity contribution < 1.29 is 26.9 Å². The zero-order chi connectivity index (χ0) is 14.1. The molecule has 100 valence electrons. The lowest BCUT2D eigenvalue weighted by Gasteiger charge is -2.08. The number of primary sulfonamides is 1. The number of sulfonamides is 1. The Kier molecular flexibility index (Phi) is 3.76. The number of nitrogens with two attached hydrogens (primary N) is 1. The summed E-state index contributed by atoms with van der Waals surface area (Å²) in [6.45, 7) is 0. The number of pyridine rings is 1. The molecule has 0 spiro atoms. The third-order valence-corrected chi connectivity index (χ3v) is 2.70. The highest BCUT2D eigenvalue weighted by Crippen LogP contribution is 2.33. The second-order valence-corrected chi connectivity index (χ2v) is 4.49. The van der Waals surface area contributed by atoms with Crippen molar-refractivity contribution in [1.82, 2.24) is 4.98 Å². The van der Waals surface area contributed by atoms with Gasteiger partial charge in [0.15, 0.2) is 0 Å². The Bertz CT molecular complexity index is 589. The first-order chi connectivity index (χ1) is 8.18. The van der Waals surface area contributed by atoms with E-state index in [1.165, 1.54) is 0 Å². The highest BCUT2D eigenvalue weighted by Gasteiger charge is 2.30. The van der Waals surface area contributed by atoms with Crippen LogP contribution in [0.1, 0.15) is 12.0 Å². The summed E-state index contributed by atoms with van der Waals surface area (Å²) in [5, 5.41) is 14.2. The molecular weight excluding hydrogens is 276 g/mol. The van der Waals surface area contributed by atoms with Crippen LogP contribution in [0.15, 0.2) is 11.1 Å². The minimum atomic E-state index is -4.53. The van der Waals surface area contributed by atoms with Crippen LogP contribution in [0.4, 0.5) is 14.5 Å². The van der Waals surface area contributed by atoms with Crippen molar-refractivity contribution in [1.29, 1.82) is 0 Å². The molecule has 1 heterocycles. The Morgan fingerprint density at radius 2 is 2.11 bits per heavy atom. The van der Waals surface area contributed by atoms with Crippen LogP contribution in [0.5, 0.6) is 5.88 Å². The smallest absolute Gasteiger partial charge is 0.308 e. The summed E-state index contributed by atoms with van der Waals surface area (Å²) in [4.78, 5) is 12.6. The molecule has 8 nitrogen and oxygen atoms in total. The van der Waals surface area contributed by atoms with E-state index in [9.17, 15) is 27.3 Å². The van der Waals surface area contributed by atoms with Crippen molar-refractivity contribution in [2.24, 2.45) is 5.14 Å². The monoisotopic (exact) mass is 283 g/mol. The molecule has 0 amide bonds. The lowest BCUT2D eigenvalue weighted by Crippen LogP contribution is -2.17. The maximum absolute atomic E-state index is 12.6. The summed E-state index contributed by atoms with van der Waals surface area (Å²) >= 11 is 0. The molecule has 0 aliphatic rings. The molecule has 0 fully saturated rings. The highest BCUT2D eigenvalue weighted by molar-refractivity contribution is 7.89. The summed E-state index contributed by atoms with van der Waals surface area (Å²) in [7, 11) is -3.57. The summed E-state index contributed by atoms with van der Waals surface area (Å²) in [6, 6.07) is 0.371. The molecule has 0 saturated heterocycles. The number of methoxy groups -OCH3 is 1. The third-order valence-electron chi connectivity index (χ3n) is 1.86. The summed E-state index contributed by atoms with van der Waals surface area (Å²) in [6.07, 6.45) is -3.11. The first kappa shape index (κ1) is 14.2. The zero-order valence-corrected chi connectivity index (χ0v) is 9.65. The first-order valence-electron chi connectivity index (χ1n) is 4.22. The number of alkyl halides is 2. The van der Waals surface area contributed by atoms with Gasteiger partial charge in [-0.2, -0.15) is 4.98 Å². The predicted octanol–water partition coefficient (Wildman–Crippen LogP) is 0.583. The molecule has 2 N–H and O–H groups in total. The number of hydrogen-bond donors (Lipinski definition) is 1. The molecule has 0 aliphatic carbocycles. The number of rotatable bonds is 4. The van der Waals surface area contributed by atoms with Crippen LogP contribution in [0.2, 0.25) is 0 Å². The van der Waals surface area contributed by atoms with Crippen molar-refractivity contribution in [2.75, 3.05) is 7.11 Å². The van der Waals surface area contributed by atoms with Gasteiger partial charge in [0, 0.05) is 6.07 Å². The summed E-state index contributed by atoms with van der Waals surface area (Å²) < 4.78 is 51.7. The van der Waals surface area contributed by atoms with Crippen LogP contribution in [0.3, 0.4) is 0 Å². The van der Waals surface area contributed by atoms with E-state index in [1.807, 2.05) is 0 Å². The van der Waals surface area contributed by atoms with Gasteiger partial charge in [0.05, 0.1) is 17.6 Å². The van der Waals surface area contributed by atoms with Crippen molar-refractivity contribution in [3.63, 3.8) is 0 Å². The quantitative estimate of drug-likeness (QED) is 0.636. The average Bonchev–Trinajstić information content (AvgIpc) is 2.25. The Labute approximate surface area is 99.6 Å². The van der Waals surface area contributed by atoms with Crippen molar-refractivity contribution in [2.45, 2.75) is 11.5 Å². The van der Waals surface area contributed by atoms with Gasteiger partial charge in [-0.3, -0.25) is 10.1 Å². The van der Waals surface area contributed by atoms with Gasteiger partial charge in [-0.25, -0.2) is 22.3 Å². The number of halogens is 2. The van der Waals surface area contributed by atoms with Gasteiger partial charge in [0.2, 0.25) is 5.88 Å². The molecule has 1 rings (SSSR count). The molecule has 18 heavy (non-hydrogen) atoms. The van der Waals surface area contributed by atoms with Crippen LogP contribution in [-0.4, -0.2) is 25.4 Å². The standard InChI is InChI=1S/C7H7F2N3O5S/c1-17-6-3(5(8)9)2-4(12(13)14)7(11-6)18(10,15)16/h2,5H,1H3,(H2,10,15,16). The van der Waals surface area contributed by atoms with Crippen molar-refractivity contribution in [3.8, 4) is 5.88 Å². The molecule has 1 aromatic heterocycles. The molecule has 1 aromatic rings. The van der Waals surface area contributed by atoms with E-state index in [1.54, 1.807) is 0 Å². The van der Waals surface area contributed by atoms with Gasteiger partial charge in [0.1, 0.15) is 0 Å². The van der Waals surface area contributed by atoms with E-state index in [-0.39, 0.29) is 0 Å². The van der Waals surface area contributed by atoms with Gasteiger partial charge in [-0.15, -0.1) is 0 Å². The van der Waals surface area contributed by atoms with Gasteiger partial charge >= 0.3 is 5.69 Å². The lowest BCUT2D eigenvalue weighted by atomic mass is 10.2. The lowest BCUT2D eigenvalue weighted by molar-refractivity contribution is -0.388. The van der Waals surface area contributed by atoms with E-state index < -0.39 is 43.5 Å². The van der Waals surface area contributed by atoms with Crippen LogP contribution in [0.25, 0.3) is 0 Å². The first-order valence-corrected chi connectivity index (χ1v) is 5.77. The fraction of sp³-hybridized carbons (Fsp3) is 0.286. The third kappa shape index (κ3) is 2.68. The van der Waals surface area contributed by atoms with Crippen LogP contribution < -0.4 is 9.88 Å². The minimum Gasteiger partial charge on any atom is -0.481 e. The Morgan fingerprint density at radius 3 is 2.44 bits per heavy atom. The minimum absolute atomic E-state index is 0.371. The van der Waals surface area contributed by atoms with E-state index in [0.717, 1.165) is 7.11 Å². The van der Waals surface area contributed by atoms with Gasteiger partial charge in [-0.1, -0.05) is 0 Å². The number of aromatic nitrogens is 1. The number of hydrogen-bond acceptors (Lipinski definition) is 6. The molecule has 0 bridgehead atoms. The molecule has 0 unspecified atom stereocenters. The molecule has 11 heteroatoms. The van der Waals surface area contributed by atoms with Crippen molar-refractivity contribution >= 4 is 15.7 Å². The van der Waals surface area contributed by atoms with Crippen molar-refractivity contribution in [3.05, 3.63) is 21.7 Å². The Balaban J connectivity index is 3.68. The topological polar surface area (TPSA) is 125 Å². The molecule has 0 atom stereocenters. The van der Waals surface area contributed by atoms with Crippen LogP contribution in [0, 0.1) is 10.1 Å². The molecule has 0 radical (unpaired) electrons. The van der Waals surface area contributed by atoms with E-state index in [4.69, 9.17) is 5.14 Å². The highest BCUT2D eigenvalue weighted by atomic mass is 32.2. The van der Waals surface area contributed by atoms with E-state index in [2.05, 4.69) is 9.72 Å². The van der Waals surface area contributed by atoms with E-state index in [0.29, 0.717) is 6.07 Å². The Morgan fingerprint density at radius 1 is 1.56 bits per heavy atom. The maximum atomic E-state index is 12.6. The Hall–Kier alpha value is -1.88. The predicted molar refractivity (Wildman–Crippen MR) is 53.8 cm³/mol. The van der Waals surface area contributed by atoms with Gasteiger partial charge in [-0.05, 0) is 0 Å².